The molecular formula is C36H35ClN6O5. The first-order valence-electron chi connectivity index (χ1n) is 16.2. The first-order valence-corrected chi connectivity index (χ1v) is 16.6. The topological polar surface area (TPSA) is 116 Å². The Morgan fingerprint density at radius 1 is 0.896 bits per heavy atom. The zero-order valence-corrected chi connectivity index (χ0v) is 27.4. The number of imide groups is 1. The number of hydrazone groups is 1. The molecule has 3 aliphatic heterocycles. The third-order valence-electron chi connectivity index (χ3n) is 9.06. The van der Waals surface area contributed by atoms with Crippen molar-refractivity contribution in [2.45, 2.75) is 51.2 Å². The van der Waals surface area contributed by atoms with Crippen LogP contribution in [0.2, 0.25) is 5.02 Å². The predicted octanol–water partition coefficient (Wildman–Crippen LogP) is 6.25. The van der Waals surface area contributed by atoms with Gasteiger partial charge in [-0.15, -0.1) is 0 Å². The summed E-state index contributed by atoms with van der Waals surface area (Å²) in [6.45, 7) is 4.76. The van der Waals surface area contributed by atoms with Crippen molar-refractivity contribution in [3.05, 3.63) is 94.5 Å². The Balaban J connectivity index is 1.18. The van der Waals surface area contributed by atoms with E-state index >= 15 is 0 Å². The molecule has 3 heterocycles. The molecule has 48 heavy (non-hydrogen) atoms. The minimum atomic E-state index is -1.03. The van der Waals surface area contributed by atoms with Crippen LogP contribution in [-0.4, -0.2) is 65.3 Å². The molecule has 7 rings (SSSR count). The Labute approximate surface area is 283 Å². The molecule has 0 radical (unpaired) electrons. The summed E-state index contributed by atoms with van der Waals surface area (Å²) < 4.78 is 11.3. The van der Waals surface area contributed by atoms with Crippen molar-refractivity contribution in [3.63, 3.8) is 0 Å². The molecule has 3 amide bonds. The van der Waals surface area contributed by atoms with Gasteiger partial charge in [-0.2, -0.15) is 10.2 Å². The van der Waals surface area contributed by atoms with Crippen molar-refractivity contribution in [1.82, 2.24) is 10.0 Å². The molecule has 246 valence electrons. The van der Waals surface area contributed by atoms with E-state index in [1.165, 1.54) is 10.0 Å². The summed E-state index contributed by atoms with van der Waals surface area (Å²) in [7, 11) is 0. The average Bonchev–Trinajstić information content (AvgIpc) is 3.76. The van der Waals surface area contributed by atoms with Gasteiger partial charge in [0.1, 0.15) is 18.0 Å². The Kier molecular flexibility index (Phi) is 8.70. The molecule has 0 aromatic heterocycles. The maximum absolute atomic E-state index is 14.2. The van der Waals surface area contributed by atoms with Gasteiger partial charge in [0, 0.05) is 10.9 Å². The molecule has 0 spiro atoms. The Hall–Kier alpha value is -5.03. The number of amides is 3. The zero-order chi connectivity index (χ0) is 33.4. The standard InChI is InChI=1S/C36H35ClN6O5/c1-3-47-27-16-8-22(9-17-27)20-24-6-5-7-29-31(24)39-43(33(29)23-10-18-28(19-11-23)48-4-2)30(44)21-41-34-32(38-40-41)35(45)42(36(34)46)26-14-12-25(37)13-15-26/h8-20,29,32-34H,3-7,21H2,1-2H3/b24-20+. The van der Waals surface area contributed by atoms with Crippen LogP contribution in [0.4, 0.5) is 5.69 Å². The van der Waals surface area contributed by atoms with E-state index in [9.17, 15) is 14.4 Å². The number of ether oxygens (including phenoxy) is 2. The van der Waals surface area contributed by atoms with Gasteiger partial charge < -0.3 is 9.47 Å². The van der Waals surface area contributed by atoms with E-state index in [4.69, 9.17) is 26.2 Å². The second-order valence-electron chi connectivity index (χ2n) is 12.0. The van der Waals surface area contributed by atoms with E-state index in [1.54, 1.807) is 24.3 Å². The van der Waals surface area contributed by atoms with Crippen LogP contribution in [0.15, 0.2) is 93.8 Å². The lowest BCUT2D eigenvalue weighted by Gasteiger charge is -2.30. The van der Waals surface area contributed by atoms with Crippen LogP contribution >= 0.6 is 11.6 Å². The number of halogens is 1. The SMILES string of the molecule is CCOc1ccc(/C=C2\CCCC3C2=NN(C(=O)CN2N=NC4C(=O)N(c5ccc(Cl)cc5)C(=O)C42)C3c2ccc(OCC)cc2)cc1. The van der Waals surface area contributed by atoms with Crippen LogP contribution in [-0.2, 0) is 14.4 Å². The highest BCUT2D eigenvalue weighted by Crippen LogP contribution is 2.45. The third kappa shape index (κ3) is 5.83. The number of carbonyl (C=O) groups excluding carboxylic acids is 3. The molecule has 11 nitrogen and oxygen atoms in total. The minimum Gasteiger partial charge on any atom is -0.494 e. The minimum absolute atomic E-state index is 0.0300. The summed E-state index contributed by atoms with van der Waals surface area (Å²) in [4.78, 5) is 42.1. The van der Waals surface area contributed by atoms with Crippen molar-refractivity contribution in [2.24, 2.45) is 21.4 Å². The number of anilines is 1. The van der Waals surface area contributed by atoms with Gasteiger partial charge in [0.2, 0.25) is 0 Å². The predicted molar refractivity (Wildman–Crippen MR) is 181 cm³/mol. The summed E-state index contributed by atoms with van der Waals surface area (Å²) in [5.41, 5.74) is 4.31. The molecule has 4 aliphatic rings. The molecule has 4 unspecified atom stereocenters. The van der Waals surface area contributed by atoms with Crippen molar-refractivity contribution >= 4 is 46.8 Å². The fourth-order valence-corrected chi connectivity index (χ4v) is 7.03. The number of hydrogen-bond donors (Lipinski definition) is 0. The van der Waals surface area contributed by atoms with E-state index in [2.05, 4.69) is 16.4 Å². The van der Waals surface area contributed by atoms with Crippen molar-refractivity contribution in [2.75, 3.05) is 24.7 Å². The van der Waals surface area contributed by atoms with Crippen LogP contribution in [0.1, 0.15) is 50.3 Å². The number of allylic oxidation sites excluding steroid dienone is 1. The number of rotatable bonds is 9. The van der Waals surface area contributed by atoms with Crippen molar-refractivity contribution < 1.29 is 23.9 Å². The van der Waals surface area contributed by atoms with E-state index in [-0.39, 0.29) is 24.4 Å². The fourth-order valence-electron chi connectivity index (χ4n) is 6.91. The Bertz CT molecular complexity index is 1810. The lowest BCUT2D eigenvalue weighted by atomic mass is 9.77. The highest BCUT2D eigenvalue weighted by atomic mass is 35.5. The average molecular weight is 667 g/mol. The maximum atomic E-state index is 14.2. The van der Waals surface area contributed by atoms with Gasteiger partial charge in [-0.05, 0) is 104 Å². The first kappa shape index (κ1) is 31.6. The molecular weight excluding hydrogens is 632 g/mol. The summed E-state index contributed by atoms with van der Waals surface area (Å²) in [6.07, 6.45) is 4.78. The van der Waals surface area contributed by atoms with Gasteiger partial charge in [-0.1, -0.05) is 41.1 Å². The lowest BCUT2D eigenvalue weighted by molar-refractivity contribution is -0.136. The zero-order valence-electron chi connectivity index (χ0n) is 26.7. The summed E-state index contributed by atoms with van der Waals surface area (Å²) in [5.74, 6) is 0.200. The molecule has 1 saturated heterocycles. The molecule has 0 N–H and O–H groups in total. The summed E-state index contributed by atoms with van der Waals surface area (Å²) in [6, 6.07) is 19.7. The second-order valence-corrected chi connectivity index (χ2v) is 12.5. The molecule has 2 fully saturated rings. The quantitative estimate of drug-likeness (QED) is 0.249. The van der Waals surface area contributed by atoms with Crippen LogP contribution in [0, 0.1) is 5.92 Å². The second kappa shape index (κ2) is 13.2. The molecule has 1 saturated carbocycles. The number of nitrogens with zero attached hydrogens (tertiary/aromatic N) is 6. The monoisotopic (exact) mass is 666 g/mol. The highest BCUT2D eigenvalue weighted by Gasteiger charge is 2.55. The van der Waals surface area contributed by atoms with Gasteiger partial charge in [0.15, 0.2) is 12.1 Å². The Morgan fingerprint density at radius 3 is 2.23 bits per heavy atom. The largest absolute Gasteiger partial charge is 0.494 e. The molecule has 3 aromatic rings. The molecule has 4 atom stereocenters. The van der Waals surface area contributed by atoms with Gasteiger partial charge in [0.25, 0.3) is 17.7 Å². The molecule has 0 bridgehead atoms. The summed E-state index contributed by atoms with van der Waals surface area (Å²) >= 11 is 6.02. The van der Waals surface area contributed by atoms with Gasteiger partial charge >= 0.3 is 0 Å². The number of carbonyl (C=O) groups is 3. The maximum Gasteiger partial charge on any atom is 0.264 e. The third-order valence-corrected chi connectivity index (χ3v) is 9.31. The van der Waals surface area contributed by atoms with E-state index in [1.807, 2.05) is 62.4 Å². The molecule has 1 aliphatic carbocycles. The van der Waals surface area contributed by atoms with Crippen molar-refractivity contribution in [1.29, 1.82) is 0 Å². The first-order chi connectivity index (χ1) is 23.4. The van der Waals surface area contributed by atoms with Gasteiger partial charge in [-0.25, -0.2) is 9.91 Å². The molecule has 12 heteroatoms. The van der Waals surface area contributed by atoms with Crippen LogP contribution < -0.4 is 14.4 Å². The Morgan fingerprint density at radius 2 is 1.56 bits per heavy atom. The lowest BCUT2D eigenvalue weighted by Crippen LogP contribution is -2.45. The van der Waals surface area contributed by atoms with E-state index in [0.29, 0.717) is 23.9 Å². The van der Waals surface area contributed by atoms with E-state index < -0.39 is 23.9 Å². The van der Waals surface area contributed by atoms with Gasteiger partial charge in [0.05, 0.1) is 30.7 Å². The normalized spacial score (nSPS) is 23.9. The smallest absolute Gasteiger partial charge is 0.264 e. The van der Waals surface area contributed by atoms with Gasteiger partial charge in [-0.3, -0.25) is 19.4 Å². The number of fused-ring (bicyclic) bond motifs is 2. The molecule has 3 aromatic carbocycles. The van der Waals surface area contributed by atoms with Crippen LogP contribution in [0.5, 0.6) is 11.5 Å². The fraction of sp³-hybridized carbons (Fsp3) is 0.333. The summed E-state index contributed by atoms with van der Waals surface area (Å²) in [5, 5.41) is 16.6. The number of benzene rings is 3. The van der Waals surface area contributed by atoms with Crippen LogP contribution in [0.25, 0.3) is 6.08 Å². The highest BCUT2D eigenvalue weighted by molar-refractivity contribution is 6.31. The van der Waals surface area contributed by atoms with Crippen molar-refractivity contribution in [3.8, 4) is 11.5 Å². The van der Waals surface area contributed by atoms with E-state index in [0.717, 1.165) is 58.1 Å². The number of hydrogen-bond acceptors (Lipinski definition) is 9. The van der Waals surface area contributed by atoms with Crippen LogP contribution in [0.3, 0.4) is 0 Å².